The Bertz CT molecular complexity index is 1620. The summed E-state index contributed by atoms with van der Waals surface area (Å²) in [5.74, 6) is -0.0385. The highest BCUT2D eigenvalue weighted by Gasteiger charge is 2.21. The van der Waals surface area contributed by atoms with E-state index in [1.165, 1.54) is 0 Å². The molecule has 6 rings (SSSR count). The first-order valence-electron chi connectivity index (χ1n) is 10.8. The molecule has 6 aromatic rings. The van der Waals surface area contributed by atoms with Crippen molar-refractivity contribution in [3.05, 3.63) is 65.8 Å². The molecule has 0 saturated heterocycles. The van der Waals surface area contributed by atoms with E-state index < -0.39 is 5.82 Å². The van der Waals surface area contributed by atoms with E-state index in [4.69, 9.17) is 4.98 Å². The van der Waals surface area contributed by atoms with Crippen LogP contribution in [0, 0.1) is 5.82 Å². The zero-order valence-electron chi connectivity index (χ0n) is 18.1. The molecule has 8 nitrogen and oxygen atoms in total. The Hall–Kier alpha value is -4.02. The highest BCUT2D eigenvalue weighted by Crippen LogP contribution is 2.34. The standard InChI is InChI=1S/C24H19FN8S/c1-2-26-9-13-8-14(11-27-10-13)20-19(25)18-16(12-29-20)32-33-22(18)24-30-21-15(17-4-3-7-34-17)5-6-28-23(21)31-24/h3-8,10-12,26H,2,9H2,1H3,(H,32,33)(H,28,30,31). The predicted molar refractivity (Wildman–Crippen MR) is 131 cm³/mol. The summed E-state index contributed by atoms with van der Waals surface area (Å²) in [6.07, 6.45) is 6.69. The van der Waals surface area contributed by atoms with Crippen molar-refractivity contribution < 1.29 is 4.39 Å². The van der Waals surface area contributed by atoms with Gasteiger partial charge < -0.3 is 10.3 Å². The van der Waals surface area contributed by atoms with Crippen LogP contribution in [0.4, 0.5) is 4.39 Å². The summed E-state index contributed by atoms with van der Waals surface area (Å²) in [7, 11) is 0. The van der Waals surface area contributed by atoms with Crippen LogP contribution in [-0.4, -0.2) is 41.7 Å². The number of thiophene rings is 1. The highest BCUT2D eigenvalue weighted by atomic mass is 32.1. The van der Waals surface area contributed by atoms with Crippen LogP contribution in [0.3, 0.4) is 0 Å². The van der Waals surface area contributed by atoms with Gasteiger partial charge in [0.15, 0.2) is 17.3 Å². The van der Waals surface area contributed by atoms with Crippen molar-refractivity contribution in [2.75, 3.05) is 6.54 Å². The van der Waals surface area contributed by atoms with E-state index >= 15 is 4.39 Å². The van der Waals surface area contributed by atoms with E-state index in [2.05, 4.69) is 35.5 Å². The number of hydrogen-bond donors (Lipinski definition) is 3. The molecule has 0 spiro atoms. The average Bonchev–Trinajstić information content (AvgIpc) is 3.62. The van der Waals surface area contributed by atoms with Gasteiger partial charge in [0.25, 0.3) is 0 Å². The van der Waals surface area contributed by atoms with Gasteiger partial charge in [-0.3, -0.25) is 15.1 Å². The number of hydrogen-bond acceptors (Lipinski definition) is 7. The third-order valence-corrected chi connectivity index (χ3v) is 6.49. The number of halogens is 1. The quantitative estimate of drug-likeness (QED) is 0.318. The Morgan fingerprint density at radius 2 is 2.06 bits per heavy atom. The first kappa shape index (κ1) is 20.6. The maximum absolute atomic E-state index is 15.9. The van der Waals surface area contributed by atoms with Crippen molar-refractivity contribution >= 4 is 33.4 Å². The van der Waals surface area contributed by atoms with Crippen LogP contribution in [0.1, 0.15) is 12.5 Å². The van der Waals surface area contributed by atoms with Crippen LogP contribution in [-0.2, 0) is 6.54 Å². The van der Waals surface area contributed by atoms with E-state index in [-0.39, 0.29) is 5.69 Å². The van der Waals surface area contributed by atoms with E-state index in [1.54, 1.807) is 36.1 Å². The van der Waals surface area contributed by atoms with Crippen LogP contribution in [0.25, 0.3) is 55.3 Å². The molecule has 0 amide bonds. The van der Waals surface area contributed by atoms with Gasteiger partial charge in [-0.15, -0.1) is 11.3 Å². The van der Waals surface area contributed by atoms with Crippen LogP contribution < -0.4 is 5.32 Å². The summed E-state index contributed by atoms with van der Waals surface area (Å²) in [5, 5.41) is 12.8. The largest absolute Gasteiger partial charge is 0.321 e. The molecule has 0 fully saturated rings. The minimum atomic E-state index is -0.476. The number of fused-ring (bicyclic) bond motifs is 2. The first-order valence-corrected chi connectivity index (χ1v) is 11.7. The third kappa shape index (κ3) is 3.44. The van der Waals surface area contributed by atoms with Gasteiger partial charge >= 0.3 is 0 Å². The Kier molecular flexibility index (Phi) is 5.08. The number of aromatic nitrogens is 7. The maximum Gasteiger partial charge on any atom is 0.161 e. The fourth-order valence-corrected chi connectivity index (χ4v) is 4.74. The number of pyridine rings is 3. The van der Waals surface area contributed by atoms with E-state index in [1.807, 2.05) is 36.6 Å². The van der Waals surface area contributed by atoms with Gasteiger partial charge in [-0.1, -0.05) is 13.0 Å². The van der Waals surface area contributed by atoms with Crippen LogP contribution in [0.2, 0.25) is 0 Å². The van der Waals surface area contributed by atoms with Crippen molar-refractivity contribution in [1.82, 2.24) is 40.4 Å². The molecule has 6 aromatic heterocycles. The second kappa shape index (κ2) is 8.40. The average molecular weight is 471 g/mol. The number of rotatable bonds is 6. The molecule has 6 heterocycles. The Morgan fingerprint density at radius 1 is 1.12 bits per heavy atom. The third-order valence-electron chi connectivity index (χ3n) is 5.59. The Morgan fingerprint density at radius 3 is 2.91 bits per heavy atom. The SMILES string of the molecule is CCNCc1cncc(-c2ncc3[nH]nc(-c4nc5c(-c6cccs6)ccnc5[nH]4)c3c2F)c1. The number of aromatic amines is 2. The molecule has 0 aliphatic heterocycles. The summed E-state index contributed by atoms with van der Waals surface area (Å²) in [5.41, 5.74) is 4.94. The zero-order chi connectivity index (χ0) is 23.1. The van der Waals surface area contributed by atoms with Gasteiger partial charge in [0, 0.05) is 41.1 Å². The van der Waals surface area contributed by atoms with Crippen LogP contribution in [0.5, 0.6) is 0 Å². The van der Waals surface area contributed by atoms with Gasteiger partial charge in [-0.25, -0.2) is 14.4 Å². The van der Waals surface area contributed by atoms with Crippen molar-refractivity contribution in [3.8, 4) is 33.2 Å². The number of nitrogens with zero attached hydrogens (tertiary/aromatic N) is 5. The molecular formula is C24H19FN8S. The second-order valence-corrected chi connectivity index (χ2v) is 8.71. The van der Waals surface area contributed by atoms with Gasteiger partial charge in [0.1, 0.15) is 16.9 Å². The molecule has 3 N–H and O–H groups in total. The summed E-state index contributed by atoms with van der Waals surface area (Å²) in [6, 6.07) is 7.85. The normalized spacial score (nSPS) is 11.6. The fraction of sp³-hybridized carbons (Fsp3) is 0.125. The number of nitrogens with one attached hydrogen (secondary N) is 3. The lowest BCUT2D eigenvalue weighted by Gasteiger charge is -2.07. The molecule has 0 unspecified atom stereocenters. The molecule has 0 bridgehead atoms. The van der Waals surface area contributed by atoms with Gasteiger partial charge in [-0.2, -0.15) is 5.10 Å². The molecular weight excluding hydrogens is 451 g/mol. The molecule has 0 aromatic carbocycles. The van der Waals surface area contributed by atoms with Gasteiger partial charge in [-0.05, 0) is 35.7 Å². The summed E-state index contributed by atoms with van der Waals surface area (Å²) in [6.45, 7) is 3.52. The fourth-order valence-electron chi connectivity index (χ4n) is 3.98. The Balaban J connectivity index is 1.48. The van der Waals surface area contributed by atoms with Gasteiger partial charge in [0.05, 0.1) is 17.1 Å². The highest BCUT2D eigenvalue weighted by molar-refractivity contribution is 7.13. The number of imidazole rings is 1. The predicted octanol–water partition coefficient (Wildman–Crippen LogP) is 4.94. The molecule has 0 atom stereocenters. The first-order chi connectivity index (χ1) is 16.7. The Labute approximate surface area is 197 Å². The van der Waals surface area contributed by atoms with E-state index in [9.17, 15) is 0 Å². The topological polar surface area (TPSA) is 108 Å². The lowest BCUT2D eigenvalue weighted by molar-refractivity contribution is 0.638. The minimum Gasteiger partial charge on any atom is -0.321 e. The summed E-state index contributed by atoms with van der Waals surface area (Å²) >= 11 is 1.63. The number of H-pyrrole nitrogens is 2. The van der Waals surface area contributed by atoms with Crippen molar-refractivity contribution in [2.24, 2.45) is 0 Å². The van der Waals surface area contributed by atoms with Crippen molar-refractivity contribution in [3.63, 3.8) is 0 Å². The van der Waals surface area contributed by atoms with Crippen LogP contribution >= 0.6 is 11.3 Å². The molecule has 0 radical (unpaired) electrons. The summed E-state index contributed by atoms with van der Waals surface area (Å²) < 4.78 is 15.9. The van der Waals surface area contributed by atoms with Gasteiger partial charge in [0.2, 0.25) is 0 Å². The van der Waals surface area contributed by atoms with Crippen molar-refractivity contribution in [2.45, 2.75) is 13.5 Å². The molecule has 34 heavy (non-hydrogen) atoms. The monoisotopic (exact) mass is 470 g/mol. The molecule has 0 aliphatic rings. The van der Waals surface area contributed by atoms with E-state index in [0.29, 0.717) is 45.7 Å². The lowest BCUT2D eigenvalue weighted by Crippen LogP contribution is -2.11. The molecule has 10 heteroatoms. The smallest absolute Gasteiger partial charge is 0.161 e. The molecule has 168 valence electrons. The molecule has 0 aliphatic carbocycles. The summed E-state index contributed by atoms with van der Waals surface area (Å²) in [4.78, 5) is 22.1. The minimum absolute atomic E-state index is 0.217. The molecule has 0 saturated carbocycles. The second-order valence-electron chi connectivity index (χ2n) is 7.76. The van der Waals surface area contributed by atoms with E-state index in [0.717, 1.165) is 22.5 Å². The lowest BCUT2D eigenvalue weighted by atomic mass is 10.1. The zero-order valence-corrected chi connectivity index (χ0v) is 18.9. The maximum atomic E-state index is 15.9. The van der Waals surface area contributed by atoms with Crippen LogP contribution in [0.15, 0.2) is 54.4 Å². The van der Waals surface area contributed by atoms with Crippen molar-refractivity contribution in [1.29, 1.82) is 0 Å².